The summed E-state index contributed by atoms with van der Waals surface area (Å²) in [6.07, 6.45) is 9.61. The van der Waals surface area contributed by atoms with Gasteiger partial charge in [0.1, 0.15) is 12.1 Å². The van der Waals surface area contributed by atoms with E-state index in [1.807, 2.05) is 22.9 Å². The van der Waals surface area contributed by atoms with Crippen LogP contribution < -0.4 is 5.73 Å². The standard InChI is InChI=1S/C16H22N6/c1-13-3-2-7-21(11-13)16(17)20-10-14-4-5-19-15(9-14)22-8-6-18-12-22/h4-6,8-9,12-13H,2-3,7,10-11H2,1H3,(H2,17,20). The maximum atomic E-state index is 6.14. The van der Waals surface area contributed by atoms with Crippen LogP contribution in [0.4, 0.5) is 0 Å². The lowest BCUT2D eigenvalue weighted by molar-refractivity contribution is 0.270. The van der Waals surface area contributed by atoms with Crippen LogP contribution in [0.25, 0.3) is 5.82 Å². The Balaban J connectivity index is 1.68. The third kappa shape index (κ3) is 3.44. The fourth-order valence-electron chi connectivity index (χ4n) is 2.76. The van der Waals surface area contributed by atoms with Crippen molar-refractivity contribution in [2.75, 3.05) is 13.1 Å². The molecule has 0 spiro atoms. The molecule has 6 heteroatoms. The molecule has 2 N–H and O–H groups in total. The molecule has 0 radical (unpaired) electrons. The summed E-state index contributed by atoms with van der Waals surface area (Å²) in [4.78, 5) is 15.1. The summed E-state index contributed by atoms with van der Waals surface area (Å²) in [6.45, 7) is 4.85. The highest BCUT2D eigenvalue weighted by Crippen LogP contribution is 2.15. The minimum Gasteiger partial charge on any atom is -0.370 e. The van der Waals surface area contributed by atoms with Crippen LogP contribution in [0.3, 0.4) is 0 Å². The van der Waals surface area contributed by atoms with E-state index in [1.54, 1.807) is 18.7 Å². The van der Waals surface area contributed by atoms with Gasteiger partial charge in [-0.25, -0.2) is 15.0 Å². The fraction of sp³-hybridized carbons (Fsp3) is 0.438. The second kappa shape index (κ2) is 6.60. The van der Waals surface area contributed by atoms with Gasteiger partial charge in [-0.1, -0.05) is 6.92 Å². The lowest BCUT2D eigenvalue weighted by Gasteiger charge is -2.31. The fourth-order valence-corrected chi connectivity index (χ4v) is 2.76. The van der Waals surface area contributed by atoms with E-state index in [2.05, 4.69) is 26.8 Å². The van der Waals surface area contributed by atoms with Crippen LogP contribution in [-0.4, -0.2) is 38.5 Å². The van der Waals surface area contributed by atoms with Crippen molar-refractivity contribution < 1.29 is 0 Å². The molecular weight excluding hydrogens is 276 g/mol. The number of likely N-dealkylation sites (tertiary alicyclic amines) is 1. The van der Waals surface area contributed by atoms with E-state index < -0.39 is 0 Å². The number of guanidine groups is 1. The summed E-state index contributed by atoms with van der Waals surface area (Å²) < 4.78 is 1.88. The Labute approximate surface area is 130 Å². The topological polar surface area (TPSA) is 72.3 Å². The highest BCUT2D eigenvalue weighted by atomic mass is 15.3. The van der Waals surface area contributed by atoms with Gasteiger partial charge >= 0.3 is 0 Å². The molecule has 6 nitrogen and oxygen atoms in total. The average Bonchev–Trinajstić information content (AvgIpc) is 3.07. The first kappa shape index (κ1) is 14.6. The highest BCUT2D eigenvalue weighted by Gasteiger charge is 2.17. The Morgan fingerprint density at radius 3 is 3.14 bits per heavy atom. The Morgan fingerprint density at radius 2 is 2.36 bits per heavy atom. The number of hydrogen-bond acceptors (Lipinski definition) is 3. The largest absolute Gasteiger partial charge is 0.370 e. The van der Waals surface area contributed by atoms with E-state index in [0.29, 0.717) is 18.4 Å². The van der Waals surface area contributed by atoms with E-state index in [-0.39, 0.29) is 0 Å². The van der Waals surface area contributed by atoms with E-state index in [4.69, 9.17) is 5.73 Å². The number of rotatable bonds is 3. The zero-order chi connectivity index (χ0) is 15.4. The Kier molecular flexibility index (Phi) is 4.37. The average molecular weight is 298 g/mol. The SMILES string of the molecule is CC1CCCN(C(N)=NCc2ccnc(-n3ccnc3)c2)C1. The Bertz CT molecular complexity index is 634. The van der Waals surface area contributed by atoms with Gasteiger partial charge in [-0.2, -0.15) is 0 Å². The van der Waals surface area contributed by atoms with Crippen molar-refractivity contribution in [1.29, 1.82) is 0 Å². The molecule has 0 aliphatic carbocycles. The zero-order valence-electron chi connectivity index (χ0n) is 12.9. The van der Waals surface area contributed by atoms with Gasteiger partial charge in [0.25, 0.3) is 0 Å². The summed E-state index contributed by atoms with van der Waals surface area (Å²) >= 11 is 0. The first-order valence-electron chi connectivity index (χ1n) is 7.70. The molecule has 1 aliphatic heterocycles. The van der Waals surface area contributed by atoms with Crippen LogP contribution in [0.5, 0.6) is 0 Å². The van der Waals surface area contributed by atoms with E-state index in [1.165, 1.54) is 12.8 Å². The van der Waals surface area contributed by atoms with Gasteiger partial charge in [0.2, 0.25) is 0 Å². The van der Waals surface area contributed by atoms with Crippen molar-refractivity contribution in [2.24, 2.45) is 16.6 Å². The summed E-state index contributed by atoms with van der Waals surface area (Å²) in [6, 6.07) is 3.98. The molecule has 3 heterocycles. The molecule has 0 saturated carbocycles. The third-order valence-electron chi connectivity index (χ3n) is 3.98. The van der Waals surface area contributed by atoms with Crippen molar-refractivity contribution in [3.8, 4) is 5.82 Å². The molecule has 2 aromatic rings. The maximum Gasteiger partial charge on any atom is 0.191 e. The van der Waals surface area contributed by atoms with Crippen LogP contribution in [0, 0.1) is 5.92 Å². The summed E-state index contributed by atoms with van der Waals surface area (Å²) in [5, 5.41) is 0. The van der Waals surface area contributed by atoms with E-state index in [0.717, 1.165) is 24.5 Å². The third-order valence-corrected chi connectivity index (χ3v) is 3.98. The smallest absolute Gasteiger partial charge is 0.191 e. The molecule has 0 amide bonds. The second-order valence-corrected chi connectivity index (χ2v) is 5.86. The lowest BCUT2D eigenvalue weighted by atomic mass is 10.0. The molecule has 116 valence electrons. The molecule has 0 aromatic carbocycles. The molecule has 22 heavy (non-hydrogen) atoms. The molecule has 1 aliphatic rings. The normalized spacial score (nSPS) is 19.4. The molecule has 2 aromatic heterocycles. The number of nitrogens with zero attached hydrogens (tertiary/aromatic N) is 5. The molecule has 3 rings (SSSR count). The summed E-state index contributed by atoms with van der Waals surface area (Å²) in [5.41, 5.74) is 7.23. The van der Waals surface area contributed by atoms with Crippen LogP contribution in [-0.2, 0) is 6.54 Å². The second-order valence-electron chi connectivity index (χ2n) is 5.86. The highest BCUT2D eigenvalue weighted by molar-refractivity contribution is 5.78. The van der Waals surface area contributed by atoms with Crippen LogP contribution in [0.2, 0.25) is 0 Å². The monoisotopic (exact) mass is 298 g/mol. The molecule has 0 bridgehead atoms. The van der Waals surface area contributed by atoms with E-state index in [9.17, 15) is 0 Å². The summed E-state index contributed by atoms with van der Waals surface area (Å²) in [5.74, 6) is 2.18. The molecule has 1 unspecified atom stereocenters. The molecule has 1 atom stereocenters. The van der Waals surface area contributed by atoms with Crippen molar-refractivity contribution in [3.63, 3.8) is 0 Å². The van der Waals surface area contributed by atoms with Crippen LogP contribution in [0.1, 0.15) is 25.3 Å². The van der Waals surface area contributed by atoms with Gasteiger partial charge < -0.3 is 10.6 Å². The number of piperidine rings is 1. The minimum absolute atomic E-state index is 0.570. The van der Waals surface area contributed by atoms with Gasteiger partial charge in [-0.05, 0) is 36.5 Å². The minimum atomic E-state index is 0.570. The number of aliphatic imine (C=N–C) groups is 1. The lowest BCUT2D eigenvalue weighted by Crippen LogP contribution is -2.43. The Morgan fingerprint density at radius 1 is 1.45 bits per heavy atom. The van der Waals surface area contributed by atoms with Gasteiger partial charge in [0.05, 0.1) is 6.54 Å². The van der Waals surface area contributed by atoms with Gasteiger partial charge in [-0.3, -0.25) is 4.57 Å². The van der Waals surface area contributed by atoms with Gasteiger partial charge in [-0.15, -0.1) is 0 Å². The maximum absolute atomic E-state index is 6.14. The van der Waals surface area contributed by atoms with Gasteiger partial charge in [0.15, 0.2) is 5.96 Å². The van der Waals surface area contributed by atoms with Crippen LogP contribution >= 0.6 is 0 Å². The Hall–Kier alpha value is -2.37. The predicted molar refractivity (Wildman–Crippen MR) is 86.7 cm³/mol. The van der Waals surface area contributed by atoms with Crippen molar-refractivity contribution in [2.45, 2.75) is 26.3 Å². The number of imidazole rings is 1. The van der Waals surface area contributed by atoms with Gasteiger partial charge in [0, 0.05) is 31.7 Å². The zero-order valence-corrected chi connectivity index (χ0v) is 12.9. The molecule has 1 saturated heterocycles. The first-order chi connectivity index (χ1) is 10.7. The quantitative estimate of drug-likeness (QED) is 0.693. The molecule has 1 fully saturated rings. The van der Waals surface area contributed by atoms with Crippen LogP contribution in [0.15, 0.2) is 42.0 Å². The number of nitrogens with two attached hydrogens (primary N) is 1. The first-order valence-corrected chi connectivity index (χ1v) is 7.70. The molecular formula is C16H22N6. The van der Waals surface area contributed by atoms with Crippen molar-refractivity contribution >= 4 is 5.96 Å². The number of pyridine rings is 1. The predicted octanol–water partition coefficient (Wildman–Crippen LogP) is 1.81. The number of aromatic nitrogens is 3. The van der Waals surface area contributed by atoms with Crippen molar-refractivity contribution in [1.82, 2.24) is 19.4 Å². The van der Waals surface area contributed by atoms with Crippen molar-refractivity contribution in [3.05, 3.63) is 42.6 Å². The summed E-state index contributed by atoms with van der Waals surface area (Å²) in [7, 11) is 0. The number of hydrogen-bond donors (Lipinski definition) is 1. The van der Waals surface area contributed by atoms with E-state index >= 15 is 0 Å².